The highest BCUT2D eigenvalue weighted by molar-refractivity contribution is 5.67. The molecule has 0 fully saturated rings. The first-order valence-corrected chi connectivity index (χ1v) is 4.32. The number of nitrogens with one attached hydrogen (secondary N) is 1. The molecule has 0 aliphatic carbocycles. The van der Waals surface area contributed by atoms with Crippen LogP contribution in [0.3, 0.4) is 0 Å². The van der Waals surface area contributed by atoms with Crippen LogP contribution in [0.4, 0.5) is 9.59 Å². The lowest BCUT2D eigenvalue weighted by atomic mass is 9.87. The van der Waals surface area contributed by atoms with E-state index in [9.17, 15) is 9.59 Å². The molecular formula is C12H24N2O4. The van der Waals surface area contributed by atoms with Gasteiger partial charge >= 0.3 is 12.2 Å². The van der Waals surface area contributed by atoms with E-state index in [-0.39, 0.29) is 0 Å². The molecule has 0 aliphatic rings. The van der Waals surface area contributed by atoms with Crippen molar-refractivity contribution in [3.05, 3.63) is 0 Å². The van der Waals surface area contributed by atoms with Crippen LogP contribution >= 0.6 is 0 Å². The van der Waals surface area contributed by atoms with Crippen LogP contribution in [0, 0.1) is 5.41 Å². The lowest BCUT2D eigenvalue weighted by molar-refractivity contribution is 0.0333. The van der Waals surface area contributed by atoms with E-state index < -0.39 is 77.0 Å². The van der Waals surface area contributed by atoms with E-state index in [1.165, 1.54) is 5.32 Å². The number of hydrogen-bond donors (Lipinski definition) is 2. The van der Waals surface area contributed by atoms with Crippen LogP contribution in [-0.4, -0.2) is 31.4 Å². The number of carbonyl (C=O) groups is 2. The molecule has 6 heteroatoms. The zero-order chi connectivity index (χ0) is 29.6. The minimum atomic E-state index is -4.39. The topological polar surface area (TPSA) is 90.7 Å². The van der Waals surface area contributed by atoms with Crippen molar-refractivity contribution in [3.8, 4) is 0 Å². The third-order valence-corrected chi connectivity index (χ3v) is 1.29. The standard InChI is InChI=1S/C12H24N2O4/c1-5-6-12(4,7-17-10(13)15)8-18-11(16)14-9(2)3/h9H,5-8H2,1-4H3,(H2,13,15)(H,14,16)/i1D3,2D3,3D3,4D3,5D2,6D2,8D2. The molecule has 18 heavy (non-hydrogen) atoms. The first-order chi connectivity index (χ1) is 15.4. The molecule has 0 aliphatic heterocycles. The largest absolute Gasteiger partial charge is 0.449 e. The third kappa shape index (κ3) is 7.76. The number of alkyl carbamates (subject to hydrolysis) is 1. The number of carbonyl (C=O) groups excluding carboxylic acids is 2. The molecule has 0 saturated heterocycles. The molecule has 0 saturated carbocycles. The van der Waals surface area contributed by atoms with E-state index in [1.807, 2.05) is 0 Å². The second-order valence-electron chi connectivity index (χ2n) is 2.83. The Morgan fingerprint density at radius 2 is 2.28 bits per heavy atom. The van der Waals surface area contributed by atoms with Gasteiger partial charge in [0.25, 0.3) is 0 Å². The van der Waals surface area contributed by atoms with Gasteiger partial charge < -0.3 is 20.5 Å². The minimum Gasteiger partial charge on any atom is -0.449 e. The monoisotopic (exact) mass is 278 g/mol. The highest BCUT2D eigenvalue weighted by atomic mass is 16.6. The quantitative estimate of drug-likeness (QED) is 0.745. The molecule has 0 spiro atoms. The van der Waals surface area contributed by atoms with Gasteiger partial charge in [-0.25, -0.2) is 9.59 Å². The van der Waals surface area contributed by atoms with Gasteiger partial charge in [-0.15, -0.1) is 0 Å². The summed E-state index contributed by atoms with van der Waals surface area (Å²) in [4.78, 5) is 23.5. The second kappa shape index (κ2) is 7.79. The summed E-state index contributed by atoms with van der Waals surface area (Å²) >= 11 is 0. The van der Waals surface area contributed by atoms with Crippen molar-refractivity contribution >= 4 is 12.2 Å². The Hall–Kier alpha value is -1.46. The van der Waals surface area contributed by atoms with Crippen LogP contribution in [-0.2, 0) is 9.47 Å². The number of hydrogen-bond acceptors (Lipinski definition) is 4. The van der Waals surface area contributed by atoms with Gasteiger partial charge in [0.2, 0.25) is 0 Å². The average Bonchev–Trinajstić information content (AvgIpc) is 2.54. The van der Waals surface area contributed by atoms with Crippen molar-refractivity contribution in [3.63, 3.8) is 0 Å². The van der Waals surface area contributed by atoms with Crippen LogP contribution in [0.15, 0.2) is 0 Å². The van der Waals surface area contributed by atoms with Crippen molar-refractivity contribution in [2.24, 2.45) is 11.1 Å². The maximum absolute atomic E-state index is 12.3. The normalized spacial score (nSPS) is 33.8. The third-order valence-electron chi connectivity index (χ3n) is 1.29. The summed E-state index contributed by atoms with van der Waals surface area (Å²) < 4.78 is 145. The predicted octanol–water partition coefficient (Wildman–Crippen LogP) is 2.02. The summed E-state index contributed by atoms with van der Waals surface area (Å²) in [5, 5.41) is 1.29. The number of primary amides is 1. The first kappa shape index (κ1) is 3.55. The molecule has 106 valence electrons. The van der Waals surface area contributed by atoms with Crippen LogP contribution < -0.4 is 11.1 Å². The average molecular weight is 278 g/mol. The Labute approximate surface area is 133 Å². The summed E-state index contributed by atoms with van der Waals surface area (Å²) in [6, 6.07) is -2.69. The van der Waals surface area contributed by atoms with Crippen molar-refractivity contribution in [2.75, 3.05) is 13.2 Å². The predicted molar refractivity (Wildman–Crippen MR) is 68.2 cm³/mol. The first-order valence-electron chi connectivity index (χ1n) is 13.3. The Kier molecular flexibility index (Phi) is 1.54. The SMILES string of the molecule is [2H]C([2H])([2H])C(NC(=O)OC([2H])([2H])C(COC(N)=O)(C([2H])([2H])[2H])C([2H])([2H])C([2H])([2H])C([2H])([2H])[2H])C([2H])([2H])[2H]. The summed E-state index contributed by atoms with van der Waals surface area (Å²) in [5.41, 5.74) is 0.574. The van der Waals surface area contributed by atoms with Gasteiger partial charge in [0, 0.05) is 33.4 Å². The van der Waals surface area contributed by atoms with E-state index in [2.05, 4.69) is 9.47 Å². The van der Waals surface area contributed by atoms with Gasteiger partial charge in [0.15, 0.2) is 0 Å². The maximum Gasteiger partial charge on any atom is 0.407 e. The van der Waals surface area contributed by atoms with E-state index in [1.54, 1.807) is 0 Å². The van der Waals surface area contributed by atoms with Crippen molar-refractivity contribution < 1.29 is 43.7 Å². The van der Waals surface area contributed by atoms with E-state index in [0.29, 0.717) is 0 Å². The zero-order valence-electron chi connectivity index (χ0n) is 27.0. The molecule has 2 amide bonds. The van der Waals surface area contributed by atoms with E-state index >= 15 is 0 Å². The van der Waals surface area contributed by atoms with Gasteiger partial charge in [-0.3, -0.25) is 0 Å². The highest BCUT2D eigenvalue weighted by Gasteiger charge is 2.27. The molecule has 0 bridgehead atoms. The van der Waals surface area contributed by atoms with Crippen LogP contribution in [0.2, 0.25) is 0 Å². The summed E-state index contributed by atoms with van der Waals surface area (Å²) in [5.74, 6) is 0. The lowest BCUT2D eigenvalue weighted by Gasteiger charge is -2.27. The molecular weight excluding hydrogens is 236 g/mol. The Morgan fingerprint density at radius 1 is 1.50 bits per heavy atom. The molecule has 3 N–H and O–H groups in total. The van der Waals surface area contributed by atoms with Crippen molar-refractivity contribution in [1.82, 2.24) is 5.32 Å². The lowest BCUT2D eigenvalue weighted by Crippen LogP contribution is -2.37. The van der Waals surface area contributed by atoms with Crippen molar-refractivity contribution in [2.45, 2.75) is 46.2 Å². The van der Waals surface area contributed by atoms with Crippen molar-refractivity contribution in [1.29, 1.82) is 0 Å². The molecule has 0 heterocycles. The fourth-order valence-corrected chi connectivity index (χ4v) is 0.658. The van der Waals surface area contributed by atoms with Gasteiger partial charge in [-0.1, -0.05) is 20.1 Å². The van der Waals surface area contributed by atoms with Crippen LogP contribution in [0.25, 0.3) is 0 Å². The Morgan fingerprint density at radius 3 is 2.83 bits per heavy atom. The van der Waals surface area contributed by atoms with E-state index in [4.69, 9.17) is 30.4 Å². The van der Waals surface area contributed by atoms with Gasteiger partial charge in [0.05, 0.1) is 2.74 Å². The molecule has 0 radical (unpaired) electrons. The fourth-order valence-electron chi connectivity index (χ4n) is 0.658. The molecule has 6 nitrogen and oxygen atoms in total. The molecule has 0 aromatic carbocycles. The number of rotatable bonds is 7. The zero-order valence-corrected chi connectivity index (χ0v) is 8.99. The fraction of sp³-hybridized carbons (Fsp3) is 0.833. The van der Waals surface area contributed by atoms with Gasteiger partial charge in [-0.05, 0) is 20.1 Å². The summed E-state index contributed by atoms with van der Waals surface area (Å²) in [7, 11) is 0. The Bertz CT molecular complexity index is 799. The summed E-state index contributed by atoms with van der Waals surface area (Å²) in [6.07, 6.45) is -12.7. The number of nitrogens with two attached hydrogens (primary N) is 1. The molecule has 0 aromatic heterocycles. The molecule has 0 rings (SSSR count). The van der Waals surface area contributed by atoms with E-state index in [0.717, 1.165) is 0 Å². The molecule has 0 aromatic rings. The molecule has 1 atom stereocenters. The molecule has 1 unspecified atom stereocenters. The maximum atomic E-state index is 12.3. The number of ether oxygens (including phenoxy) is 2. The smallest absolute Gasteiger partial charge is 0.407 e. The summed E-state index contributed by atoms with van der Waals surface area (Å²) in [6.45, 7) is -21.3. The van der Waals surface area contributed by atoms with Gasteiger partial charge in [-0.2, -0.15) is 0 Å². The minimum absolute atomic E-state index is 1.29. The Balaban J connectivity index is 7.04. The van der Waals surface area contributed by atoms with Crippen LogP contribution in [0.5, 0.6) is 0 Å². The highest BCUT2D eigenvalue weighted by Crippen LogP contribution is 2.24. The second-order valence-corrected chi connectivity index (χ2v) is 2.83. The number of amides is 2. The van der Waals surface area contributed by atoms with Crippen LogP contribution in [0.1, 0.15) is 64.8 Å². The van der Waals surface area contributed by atoms with Gasteiger partial charge in [0.1, 0.15) is 13.2 Å².